The quantitative estimate of drug-likeness (QED) is 0.777. The minimum Gasteiger partial charge on any atom is -0.388 e. The summed E-state index contributed by atoms with van der Waals surface area (Å²) >= 11 is 0. The predicted octanol–water partition coefficient (Wildman–Crippen LogP) is 3.75. The average Bonchev–Trinajstić information content (AvgIpc) is 2.88. The normalized spacial score (nSPS) is 40.0. The number of aliphatic hydroxyl groups is 1. The van der Waals surface area contributed by atoms with E-state index < -0.39 is 5.60 Å². The van der Waals surface area contributed by atoms with E-state index in [0.29, 0.717) is 12.0 Å². The highest BCUT2D eigenvalue weighted by Gasteiger charge is 2.43. The molecule has 0 spiro atoms. The second-order valence-corrected chi connectivity index (χ2v) is 7.74. The predicted molar refractivity (Wildman–Crippen MR) is 83.7 cm³/mol. The molecular formula is C18H31NO. The summed E-state index contributed by atoms with van der Waals surface area (Å²) in [7, 11) is 0. The molecule has 3 fully saturated rings. The van der Waals surface area contributed by atoms with Crippen molar-refractivity contribution in [3.05, 3.63) is 11.6 Å². The van der Waals surface area contributed by atoms with Gasteiger partial charge in [0.05, 0.1) is 5.60 Å². The number of hydrogen-bond acceptors (Lipinski definition) is 2. The highest BCUT2D eigenvalue weighted by molar-refractivity contribution is 5.18. The Morgan fingerprint density at radius 3 is 2.70 bits per heavy atom. The summed E-state index contributed by atoms with van der Waals surface area (Å²) in [5.41, 5.74) is 0.985. The first kappa shape index (κ1) is 14.6. The number of nitrogens with zero attached hydrogens (tertiary/aromatic N) is 1. The van der Waals surface area contributed by atoms with Crippen LogP contribution in [0.15, 0.2) is 11.6 Å². The first-order chi connectivity index (χ1) is 9.56. The third-order valence-electron chi connectivity index (χ3n) is 5.96. The zero-order chi connectivity index (χ0) is 14.2. The molecule has 0 bridgehead atoms. The van der Waals surface area contributed by atoms with Crippen molar-refractivity contribution in [1.29, 1.82) is 0 Å². The summed E-state index contributed by atoms with van der Waals surface area (Å²) in [6.45, 7) is 6.73. The number of piperidine rings is 1. The maximum absolute atomic E-state index is 10.8. The Morgan fingerprint density at radius 1 is 1.20 bits per heavy atom. The van der Waals surface area contributed by atoms with Gasteiger partial charge in [-0.15, -0.1) is 0 Å². The minimum absolute atomic E-state index is 0.407. The molecule has 0 aromatic carbocycles. The van der Waals surface area contributed by atoms with E-state index in [1.54, 1.807) is 0 Å². The molecule has 20 heavy (non-hydrogen) atoms. The molecule has 0 radical (unpaired) electrons. The molecule has 2 heterocycles. The van der Waals surface area contributed by atoms with Crippen LogP contribution >= 0.6 is 0 Å². The van der Waals surface area contributed by atoms with Gasteiger partial charge >= 0.3 is 0 Å². The molecule has 2 heteroatoms. The second kappa shape index (κ2) is 5.81. The third-order valence-corrected chi connectivity index (χ3v) is 5.96. The van der Waals surface area contributed by atoms with E-state index in [2.05, 4.69) is 17.9 Å². The largest absolute Gasteiger partial charge is 0.388 e. The number of fused-ring (bicyclic) bond motifs is 1. The van der Waals surface area contributed by atoms with Crippen molar-refractivity contribution in [1.82, 2.24) is 4.90 Å². The zero-order valence-corrected chi connectivity index (χ0v) is 13.3. The van der Waals surface area contributed by atoms with Gasteiger partial charge in [-0.3, -0.25) is 4.90 Å². The van der Waals surface area contributed by atoms with Gasteiger partial charge in [-0.05, 0) is 57.4 Å². The topological polar surface area (TPSA) is 23.5 Å². The molecule has 0 amide bonds. The molecule has 3 atom stereocenters. The lowest BCUT2D eigenvalue weighted by molar-refractivity contribution is -0.0331. The fourth-order valence-electron chi connectivity index (χ4n) is 4.89. The molecule has 0 unspecified atom stereocenters. The van der Waals surface area contributed by atoms with Gasteiger partial charge in [0, 0.05) is 12.6 Å². The molecule has 2 nitrogen and oxygen atoms in total. The van der Waals surface area contributed by atoms with Gasteiger partial charge in [0.2, 0.25) is 0 Å². The maximum atomic E-state index is 10.8. The van der Waals surface area contributed by atoms with Gasteiger partial charge in [0.1, 0.15) is 0 Å². The Kier molecular flexibility index (Phi) is 4.24. The lowest BCUT2D eigenvalue weighted by Crippen LogP contribution is -2.52. The van der Waals surface area contributed by atoms with Crippen LogP contribution in [0.5, 0.6) is 0 Å². The van der Waals surface area contributed by atoms with Crippen LogP contribution in [0.3, 0.4) is 0 Å². The summed E-state index contributed by atoms with van der Waals surface area (Å²) < 4.78 is 0. The standard InChI is InChI=1S/C18H31NO/c1-14(16-7-4-3-5-8-16)11-15-12-18(2,20)17-9-6-10-19(17)13-15/h11,14,16-17,20H,3-10,12-13H2,1-2H3/b15-11-/t14-,17-,18-/m0/s1. The second-order valence-electron chi connectivity index (χ2n) is 7.74. The van der Waals surface area contributed by atoms with Crippen molar-refractivity contribution in [3.8, 4) is 0 Å². The lowest BCUT2D eigenvalue weighted by Gasteiger charge is -2.43. The van der Waals surface area contributed by atoms with E-state index in [1.165, 1.54) is 57.1 Å². The maximum Gasteiger partial charge on any atom is 0.0811 e. The molecule has 0 aromatic heterocycles. The Bertz CT molecular complexity index is 368. The molecule has 3 aliphatic rings. The minimum atomic E-state index is -0.507. The molecule has 1 saturated carbocycles. The first-order valence-corrected chi connectivity index (χ1v) is 8.72. The Morgan fingerprint density at radius 2 is 1.95 bits per heavy atom. The van der Waals surface area contributed by atoms with Gasteiger partial charge in [0.25, 0.3) is 0 Å². The van der Waals surface area contributed by atoms with Crippen LogP contribution in [-0.4, -0.2) is 34.7 Å². The van der Waals surface area contributed by atoms with Gasteiger partial charge in [-0.25, -0.2) is 0 Å². The summed E-state index contributed by atoms with van der Waals surface area (Å²) in [6.07, 6.45) is 12.9. The van der Waals surface area contributed by atoms with Crippen LogP contribution in [-0.2, 0) is 0 Å². The fraction of sp³-hybridized carbons (Fsp3) is 0.889. The summed E-state index contributed by atoms with van der Waals surface area (Å²) in [5.74, 6) is 1.58. The first-order valence-electron chi connectivity index (χ1n) is 8.72. The van der Waals surface area contributed by atoms with Crippen molar-refractivity contribution in [2.24, 2.45) is 11.8 Å². The zero-order valence-electron chi connectivity index (χ0n) is 13.3. The highest BCUT2D eigenvalue weighted by atomic mass is 16.3. The van der Waals surface area contributed by atoms with E-state index in [1.807, 2.05) is 6.92 Å². The molecule has 2 saturated heterocycles. The molecule has 2 aliphatic heterocycles. The van der Waals surface area contributed by atoms with Crippen LogP contribution in [0.1, 0.15) is 65.2 Å². The summed E-state index contributed by atoms with van der Waals surface area (Å²) in [4.78, 5) is 2.52. The van der Waals surface area contributed by atoms with Crippen molar-refractivity contribution < 1.29 is 5.11 Å². The Balaban J connectivity index is 1.68. The van der Waals surface area contributed by atoms with Crippen molar-refractivity contribution in [3.63, 3.8) is 0 Å². The van der Waals surface area contributed by atoms with E-state index in [4.69, 9.17) is 0 Å². The Hall–Kier alpha value is -0.340. The molecule has 0 aromatic rings. The summed E-state index contributed by atoms with van der Waals surface area (Å²) in [6, 6.07) is 0.407. The van der Waals surface area contributed by atoms with E-state index >= 15 is 0 Å². The molecule has 1 aliphatic carbocycles. The van der Waals surface area contributed by atoms with E-state index in [-0.39, 0.29) is 0 Å². The highest BCUT2D eigenvalue weighted by Crippen LogP contribution is 2.38. The molecule has 3 rings (SSSR count). The smallest absolute Gasteiger partial charge is 0.0811 e. The SMILES string of the molecule is C[C@@H](/C=C1\CN2CCC[C@H]2[C@@](C)(O)C1)C1CCCCC1. The van der Waals surface area contributed by atoms with Crippen LogP contribution in [0.4, 0.5) is 0 Å². The van der Waals surface area contributed by atoms with E-state index in [0.717, 1.165) is 18.9 Å². The number of hydrogen-bond donors (Lipinski definition) is 1. The van der Waals surface area contributed by atoms with Gasteiger partial charge < -0.3 is 5.11 Å². The molecule has 114 valence electrons. The Labute approximate surface area is 124 Å². The van der Waals surface area contributed by atoms with Crippen LogP contribution < -0.4 is 0 Å². The number of allylic oxidation sites excluding steroid dienone is 1. The monoisotopic (exact) mass is 277 g/mol. The van der Waals surface area contributed by atoms with Gasteiger partial charge in [-0.1, -0.05) is 37.8 Å². The third kappa shape index (κ3) is 2.96. The van der Waals surface area contributed by atoms with Gasteiger partial charge in [0.15, 0.2) is 0 Å². The van der Waals surface area contributed by atoms with Crippen LogP contribution in [0.25, 0.3) is 0 Å². The van der Waals surface area contributed by atoms with Crippen molar-refractivity contribution in [2.45, 2.75) is 76.9 Å². The van der Waals surface area contributed by atoms with Gasteiger partial charge in [-0.2, -0.15) is 0 Å². The average molecular weight is 277 g/mol. The summed E-state index contributed by atoms with van der Waals surface area (Å²) in [5, 5.41) is 10.8. The molecular weight excluding hydrogens is 246 g/mol. The number of rotatable bonds is 2. The van der Waals surface area contributed by atoms with Crippen molar-refractivity contribution >= 4 is 0 Å². The fourth-order valence-corrected chi connectivity index (χ4v) is 4.89. The van der Waals surface area contributed by atoms with E-state index in [9.17, 15) is 5.11 Å². The molecule has 1 N–H and O–H groups in total. The lowest BCUT2D eigenvalue weighted by atomic mass is 9.78. The van der Waals surface area contributed by atoms with Crippen LogP contribution in [0, 0.1) is 11.8 Å². The van der Waals surface area contributed by atoms with Crippen molar-refractivity contribution in [2.75, 3.05) is 13.1 Å². The van der Waals surface area contributed by atoms with Crippen LogP contribution in [0.2, 0.25) is 0 Å².